The van der Waals surface area contributed by atoms with Crippen molar-refractivity contribution in [2.45, 2.75) is 88.9 Å². The Kier molecular flexibility index (Phi) is 6.28. The molecule has 3 N–H and O–H groups in total. The summed E-state index contributed by atoms with van der Waals surface area (Å²) >= 11 is 0. The van der Waals surface area contributed by atoms with Gasteiger partial charge in [-0.15, -0.1) is 0 Å². The van der Waals surface area contributed by atoms with Crippen molar-refractivity contribution in [1.82, 2.24) is 10.2 Å². The molecule has 5 aliphatic heterocycles. The third-order valence-electron chi connectivity index (χ3n) is 8.61. The van der Waals surface area contributed by atoms with E-state index in [4.69, 9.17) is 20.2 Å². The third kappa shape index (κ3) is 4.40. The van der Waals surface area contributed by atoms with E-state index in [9.17, 15) is 9.59 Å². The maximum absolute atomic E-state index is 13.6. The normalized spacial score (nSPS) is 28.8. The van der Waals surface area contributed by atoms with Crippen molar-refractivity contribution in [2.75, 3.05) is 6.61 Å². The van der Waals surface area contributed by atoms with Crippen LogP contribution in [0, 0.1) is 0 Å². The molecule has 2 amide bonds. The number of carbonyl (C=O) groups is 2. The number of hydrogen-bond acceptors (Lipinski definition) is 6. The van der Waals surface area contributed by atoms with Crippen molar-refractivity contribution in [2.24, 2.45) is 10.7 Å². The molecule has 0 aliphatic carbocycles. The van der Waals surface area contributed by atoms with Gasteiger partial charge in [0.25, 0.3) is 5.91 Å². The monoisotopic (exact) mass is 516 g/mol. The van der Waals surface area contributed by atoms with Crippen LogP contribution in [0.5, 0.6) is 11.5 Å². The van der Waals surface area contributed by atoms with Gasteiger partial charge in [0.1, 0.15) is 11.5 Å². The molecule has 38 heavy (non-hydrogen) atoms. The Bertz CT molecular complexity index is 1310. The van der Waals surface area contributed by atoms with E-state index in [2.05, 4.69) is 24.4 Å². The standard InChI is InChI=1S/C30H36N4O4/c1-3-30-12-5-4-6-19-7-9-26-21(15-19)23(14-18(2)38-26)32-28(36)20-8-10-25-22(16-20)24(11-13-37-25)34(27(35)17-30)29(31)33-30/h7-10,15-16,18,23-24H,3-6,11-14,17H2,1-2H3,(H2,31,33)(H,32,36)/t18-,23+,24-,30-/m1/s1. The van der Waals surface area contributed by atoms with Gasteiger partial charge in [-0.1, -0.05) is 25.5 Å². The largest absolute Gasteiger partial charge is 0.493 e. The zero-order chi connectivity index (χ0) is 26.4. The molecule has 7 rings (SSSR count). The Balaban J connectivity index is 1.43. The van der Waals surface area contributed by atoms with Gasteiger partial charge in [-0.05, 0) is 62.4 Å². The highest BCUT2D eigenvalue weighted by Crippen LogP contribution is 2.41. The van der Waals surface area contributed by atoms with Crippen molar-refractivity contribution in [3.05, 3.63) is 58.7 Å². The summed E-state index contributed by atoms with van der Waals surface area (Å²) in [4.78, 5) is 33.7. The Hall–Kier alpha value is -3.55. The SMILES string of the molecule is CC[C@@]12CCCCc3ccc4c(c3)[C@H](C[C@@H](C)O4)NC(=O)c3ccc4c(c3)[C@@H](CCO4)N(C(=O)C1)C(N)=N2. The summed E-state index contributed by atoms with van der Waals surface area (Å²) in [5.74, 6) is 1.61. The molecule has 2 aromatic carbocycles. The number of aliphatic imine (C=N–C) groups is 1. The Labute approximate surface area is 223 Å². The molecule has 8 nitrogen and oxygen atoms in total. The van der Waals surface area contributed by atoms with E-state index in [1.165, 1.54) is 5.56 Å². The summed E-state index contributed by atoms with van der Waals surface area (Å²) in [6.07, 6.45) is 6.06. The Morgan fingerprint density at radius 1 is 1.13 bits per heavy atom. The number of rotatable bonds is 1. The number of benzene rings is 2. The lowest BCUT2D eigenvalue weighted by molar-refractivity contribution is -0.132. The fourth-order valence-electron chi connectivity index (χ4n) is 6.49. The number of carbonyl (C=O) groups excluding carboxylic acids is 2. The number of nitrogens with zero attached hydrogens (tertiary/aromatic N) is 2. The van der Waals surface area contributed by atoms with E-state index in [0.717, 1.165) is 49.0 Å². The molecule has 0 unspecified atom stereocenters. The molecule has 0 fully saturated rings. The van der Waals surface area contributed by atoms with Crippen LogP contribution in [0.3, 0.4) is 0 Å². The number of amides is 2. The van der Waals surface area contributed by atoms with Crippen LogP contribution in [0.15, 0.2) is 41.4 Å². The highest BCUT2D eigenvalue weighted by Gasteiger charge is 2.42. The number of aryl methyl sites for hydroxylation is 1. The summed E-state index contributed by atoms with van der Waals surface area (Å²) in [6, 6.07) is 11.3. The quantitative estimate of drug-likeness (QED) is 0.577. The predicted octanol–water partition coefficient (Wildman–Crippen LogP) is 4.57. The van der Waals surface area contributed by atoms with Crippen LogP contribution < -0.4 is 20.5 Å². The van der Waals surface area contributed by atoms with Gasteiger partial charge in [-0.2, -0.15) is 0 Å². The minimum absolute atomic E-state index is 0.000296. The molecule has 0 saturated heterocycles. The fraction of sp³-hybridized carbons (Fsp3) is 0.500. The molecule has 4 atom stereocenters. The number of nitrogens with one attached hydrogen (secondary N) is 1. The number of guanidine groups is 1. The molecule has 8 heteroatoms. The summed E-state index contributed by atoms with van der Waals surface area (Å²) in [6.45, 7) is 4.59. The van der Waals surface area contributed by atoms with Gasteiger partial charge in [-0.3, -0.25) is 14.5 Å². The van der Waals surface area contributed by atoms with Crippen LogP contribution in [0.2, 0.25) is 0 Å². The molecule has 5 heterocycles. The van der Waals surface area contributed by atoms with Crippen LogP contribution in [-0.2, 0) is 11.2 Å². The first-order valence-electron chi connectivity index (χ1n) is 13.9. The molecule has 2 aromatic rings. The van der Waals surface area contributed by atoms with E-state index < -0.39 is 5.54 Å². The van der Waals surface area contributed by atoms with Gasteiger partial charge in [0.2, 0.25) is 5.91 Å². The Morgan fingerprint density at radius 2 is 1.97 bits per heavy atom. The van der Waals surface area contributed by atoms with Crippen LogP contribution in [-0.4, -0.2) is 40.9 Å². The van der Waals surface area contributed by atoms with Gasteiger partial charge in [-0.25, -0.2) is 4.99 Å². The van der Waals surface area contributed by atoms with E-state index in [1.807, 2.05) is 25.1 Å². The zero-order valence-corrected chi connectivity index (χ0v) is 22.2. The summed E-state index contributed by atoms with van der Waals surface area (Å²) < 4.78 is 12.0. The van der Waals surface area contributed by atoms with Gasteiger partial charge in [0, 0.05) is 29.5 Å². The van der Waals surface area contributed by atoms with Crippen LogP contribution >= 0.6 is 0 Å². The molecular weight excluding hydrogens is 480 g/mol. The number of ether oxygens (including phenoxy) is 2. The van der Waals surface area contributed by atoms with E-state index in [-0.39, 0.29) is 36.0 Å². The van der Waals surface area contributed by atoms with Gasteiger partial charge < -0.3 is 20.5 Å². The second-order valence-electron chi connectivity index (χ2n) is 11.2. The van der Waals surface area contributed by atoms with Crippen LogP contribution in [0.25, 0.3) is 0 Å². The molecule has 5 aliphatic rings. The number of hydrogen-bond donors (Lipinski definition) is 2. The Morgan fingerprint density at radius 3 is 2.79 bits per heavy atom. The highest BCUT2D eigenvalue weighted by atomic mass is 16.5. The van der Waals surface area contributed by atoms with Crippen molar-refractivity contribution >= 4 is 17.8 Å². The first-order chi connectivity index (χ1) is 18.4. The van der Waals surface area contributed by atoms with Crippen LogP contribution in [0.4, 0.5) is 0 Å². The van der Waals surface area contributed by atoms with Gasteiger partial charge in [0.05, 0.1) is 36.8 Å². The molecular formula is C30H36N4O4. The summed E-state index contributed by atoms with van der Waals surface area (Å²) in [5.41, 5.74) is 9.64. The van der Waals surface area contributed by atoms with Crippen molar-refractivity contribution in [3.63, 3.8) is 0 Å². The molecule has 0 saturated carbocycles. The lowest BCUT2D eigenvalue weighted by atomic mass is 9.84. The van der Waals surface area contributed by atoms with E-state index in [0.29, 0.717) is 37.2 Å². The van der Waals surface area contributed by atoms with E-state index >= 15 is 0 Å². The summed E-state index contributed by atoms with van der Waals surface area (Å²) in [7, 11) is 0. The maximum Gasteiger partial charge on any atom is 0.251 e. The molecule has 0 aromatic heterocycles. The van der Waals surface area contributed by atoms with Crippen molar-refractivity contribution in [3.8, 4) is 11.5 Å². The topological polar surface area (TPSA) is 106 Å². The maximum atomic E-state index is 13.6. The number of nitrogens with two attached hydrogens (primary N) is 1. The molecule has 0 radical (unpaired) electrons. The predicted molar refractivity (Wildman–Crippen MR) is 144 cm³/mol. The zero-order valence-electron chi connectivity index (χ0n) is 22.2. The second kappa shape index (κ2) is 9.64. The van der Waals surface area contributed by atoms with Crippen molar-refractivity contribution in [1.29, 1.82) is 0 Å². The number of fused-ring (bicyclic) bond motifs is 5. The highest BCUT2D eigenvalue weighted by molar-refractivity contribution is 6.00. The molecule has 200 valence electrons. The summed E-state index contributed by atoms with van der Waals surface area (Å²) in [5, 5.41) is 3.26. The third-order valence-corrected chi connectivity index (χ3v) is 8.61. The van der Waals surface area contributed by atoms with E-state index in [1.54, 1.807) is 11.0 Å². The fourth-order valence-corrected chi connectivity index (χ4v) is 6.49. The van der Waals surface area contributed by atoms with Gasteiger partial charge in [0.15, 0.2) is 5.96 Å². The van der Waals surface area contributed by atoms with Crippen LogP contribution in [0.1, 0.15) is 97.9 Å². The second-order valence-corrected chi connectivity index (χ2v) is 11.2. The average molecular weight is 517 g/mol. The van der Waals surface area contributed by atoms with Crippen molar-refractivity contribution < 1.29 is 19.1 Å². The smallest absolute Gasteiger partial charge is 0.251 e. The minimum atomic E-state index is -0.468. The first-order valence-corrected chi connectivity index (χ1v) is 13.9. The lowest BCUT2D eigenvalue weighted by Gasteiger charge is -2.42. The average Bonchev–Trinajstić information content (AvgIpc) is 2.90. The lowest BCUT2D eigenvalue weighted by Crippen LogP contribution is -2.53. The molecule has 6 bridgehead atoms. The molecule has 0 spiro atoms. The first kappa shape index (κ1) is 24.8. The van der Waals surface area contributed by atoms with Gasteiger partial charge >= 0.3 is 0 Å². The minimum Gasteiger partial charge on any atom is -0.493 e.